The molecule has 12 nitrogen and oxygen atoms in total. The first-order chi connectivity index (χ1) is 52.2. The average Bonchev–Trinajstić information content (AvgIpc) is 1.66. The van der Waals surface area contributed by atoms with Crippen LogP contribution in [0.4, 0.5) is 0 Å². The van der Waals surface area contributed by atoms with Crippen molar-refractivity contribution in [2.75, 3.05) is 0 Å². The zero-order valence-corrected chi connectivity index (χ0v) is 64.2. The van der Waals surface area contributed by atoms with E-state index in [-0.39, 0.29) is 22.2 Å². The summed E-state index contributed by atoms with van der Waals surface area (Å²) in [6, 6.07) is 40.1. The van der Waals surface area contributed by atoms with E-state index in [0.717, 1.165) is 85.5 Å². The molecule has 0 spiro atoms. The molecule has 0 atom stereocenters. The Balaban J connectivity index is 0.000000227. The zero-order valence-electron chi connectivity index (χ0n) is 60.9. The molecule has 0 N–H and O–H groups in total. The maximum Gasteiger partial charge on any atom is 0.291 e. The molecule has 6 aromatic carbocycles. The monoisotopic (exact) mass is 1480 g/mol. The van der Waals surface area contributed by atoms with Crippen LogP contribution in [-0.2, 0) is 0 Å². The summed E-state index contributed by atoms with van der Waals surface area (Å²) in [6.07, 6.45) is 7.83. The number of rotatable bonds is 5. The number of hydrogen-bond acceptors (Lipinski definition) is 12. The first kappa shape index (κ1) is 84.1. The van der Waals surface area contributed by atoms with E-state index >= 15 is 0 Å². The molecule has 0 unspecified atom stereocenters. The van der Waals surface area contributed by atoms with Crippen LogP contribution < -0.4 is 22.2 Å². The van der Waals surface area contributed by atoms with Crippen LogP contribution in [0.1, 0.15) is 50.1 Å². The van der Waals surface area contributed by atoms with E-state index in [1.165, 1.54) is 80.9 Å². The molecule has 12 rings (SSSR count). The van der Waals surface area contributed by atoms with Crippen LogP contribution in [0, 0.1) is 62.3 Å². The second kappa shape index (κ2) is 45.4. The van der Waals surface area contributed by atoms with Crippen LogP contribution >= 0.6 is 46.1 Å². The lowest BCUT2D eigenvalue weighted by atomic mass is 10.1. The molecule has 0 fully saturated rings. The van der Waals surface area contributed by atoms with Gasteiger partial charge in [-0.25, -0.2) is 30.8 Å². The van der Waals surface area contributed by atoms with Gasteiger partial charge in [-0.15, -0.1) is 0 Å². The van der Waals surface area contributed by atoms with E-state index in [4.69, 9.17) is 0 Å². The summed E-state index contributed by atoms with van der Waals surface area (Å²) in [7, 11) is 0. The lowest BCUT2D eigenvalue weighted by Gasteiger charge is -2.05. The highest BCUT2D eigenvalue weighted by Gasteiger charge is 2.15. The van der Waals surface area contributed by atoms with Gasteiger partial charge in [0.15, 0.2) is 5.52 Å². The third-order valence-electron chi connectivity index (χ3n) is 13.7. The molecule has 524 valence electrons. The van der Waals surface area contributed by atoms with Crippen molar-refractivity contribution in [2.24, 2.45) is 4.99 Å². The SMILES string of the molecule is C=C=C=C=C=C=C=C.C=C=C=C=C=C=C=C.C=C=C=C=C=C=C=C=C.C=C=C=C=C=C=C=NC=C.Cc1cc(C)cc(-n2sc3ccccc3c2=O)c1.Cc1ccc(C)c(-n2sc3cc(C)ccc3c2=O)c1.Cc1ccc(C)c(-n2sc3cnccc3c2=O)c1.Cc1ccc(C)c(-n2sc3cncnc3c2=O)c1. The van der Waals surface area contributed by atoms with Crippen molar-refractivity contribution in [1.82, 2.24) is 30.8 Å². The minimum Gasteiger partial charge on any atom is -0.267 e. The van der Waals surface area contributed by atoms with Gasteiger partial charge in [0.2, 0.25) is 0 Å². The van der Waals surface area contributed by atoms with Crippen molar-refractivity contribution in [3.8, 4) is 22.7 Å². The fourth-order valence-electron chi connectivity index (χ4n) is 8.99. The molecule has 0 bridgehead atoms. The van der Waals surface area contributed by atoms with Crippen LogP contribution in [0.25, 0.3) is 63.2 Å². The Morgan fingerprint density at radius 2 is 0.722 bits per heavy atom. The van der Waals surface area contributed by atoms with Gasteiger partial charge in [0, 0.05) is 42.1 Å². The molecule has 0 saturated carbocycles. The number of aromatic nitrogens is 7. The molecular weight excluding hydrogens is 1410 g/mol. The molecule has 12 aromatic rings. The Morgan fingerprint density at radius 3 is 1.17 bits per heavy atom. The number of fused-ring (bicyclic) bond motifs is 4. The molecule has 0 radical (unpaired) electrons. The second-order valence-corrected chi connectivity index (χ2v) is 25.8. The van der Waals surface area contributed by atoms with E-state index in [1.54, 1.807) is 40.5 Å². The number of benzene rings is 6. The molecule has 0 amide bonds. The summed E-state index contributed by atoms with van der Waals surface area (Å²) >= 11 is 5.84. The van der Waals surface area contributed by atoms with E-state index in [1.807, 2.05) is 127 Å². The number of aryl methyl sites for hydroxylation is 9. The van der Waals surface area contributed by atoms with Gasteiger partial charge in [0.1, 0.15) is 6.33 Å². The van der Waals surface area contributed by atoms with Crippen molar-refractivity contribution < 1.29 is 0 Å². The highest BCUT2D eigenvalue weighted by molar-refractivity contribution is 7.15. The summed E-state index contributed by atoms with van der Waals surface area (Å²) in [5, 5.41) is 2.33. The van der Waals surface area contributed by atoms with E-state index in [2.05, 4.69) is 266 Å². The van der Waals surface area contributed by atoms with Crippen molar-refractivity contribution in [2.45, 2.75) is 62.3 Å². The van der Waals surface area contributed by atoms with E-state index in [9.17, 15) is 19.2 Å². The van der Waals surface area contributed by atoms with Crippen molar-refractivity contribution in [3.63, 3.8) is 0 Å². The van der Waals surface area contributed by atoms with Crippen LogP contribution in [0.5, 0.6) is 0 Å². The lowest BCUT2D eigenvalue weighted by molar-refractivity contribution is 1.10. The van der Waals surface area contributed by atoms with Crippen LogP contribution in [0.2, 0.25) is 0 Å². The molecule has 0 aliphatic rings. The van der Waals surface area contributed by atoms with Gasteiger partial charge in [-0.05, 0) is 328 Å². The summed E-state index contributed by atoms with van der Waals surface area (Å²) in [6.45, 7) is 44.5. The Hall–Kier alpha value is -14.6. The Bertz CT molecular complexity index is 6420. The smallest absolute Gasteiger partial charge is 0.267 e. The largest absolute Gasteiger partial charge is 0.291 e. The Kier molecular flexibility index (Phi) is 35.4. The molecule has 0 aliphatic carbocycles. The quantitative estimate of drug-likeness (QED) is 0.123. The third-order valence-corrected chi connectivity index (χ3v) is 18.0. The third kappa shape index (κ3) is 26.1. The second-order valence-electron chi connectivity index (χ2n) is 21.9. The molecule has 6 heterocycles. The maximum absolute atomic E-state index is 12.5. The van der Waals surface area contributed by atoms with Crippen LogP contribution in [0.15, 0.2) is 367 Å². The highest BCUT2D eigenvalue weighted by Crippen LogP contribution is 2.27. The first-order valence-corrected chi connectivity index (χ1v) is 35.1. The van der Waals surface area contributed by atoms with Gasteiger partial charge in [0.05, 0.1) is 57.7 Å². The Labute approximate surface area is 642 Å². The average molecular weight is 1480 g/mol. The topological polar surface area (TPSA) is 139 Å². The lowest BCUT2D eigenvalue weighted by Crippen LogP contribution is -2.12. The summed E-state index contributed by atoms with van der Waals surface area (Å²) in [4.78, 5) is 65.0. The predicted molar refractivity (Wildman–Crippen MR) is 447 cm³/mol. The van der Waals surface area contributed by atoms with Gasteiger partial charge >= 0.3 is 0 Å². The van der Waals surface area contributed by atoms with Crippen molar-refractivity contribution in [3.05, 3.63) is 434 Å². The van der Waals surface area contributed by atoms with Gasteiger partial charge in [-0.3, -0.25) is 24.2 Å². The molecular formula is C92H68N8O4S4. The maximum atomic E-state index is 12.5. The number of pyridine rings is 1. The highest BCUT2D eigenvalue weighted by atomic mass is 32.1. The molecule has 16 heteroatoms. The molecule has 0 saturated heterocycles. The zero-order chi connectivity index (χ0) is 78.8. The molecule has 0 aliphatic heterocycles. The summed E-state index contributed by atoms with van der Waals surface area (Å²) < 4.78 is 10.8. The minimum atomic E-state index is -0.0777. The normalized spacial score (nSPS) is 8.68. The van der Waals surface area contributed by atoms with E-state index < -0.39 is 0 Å². The minimum absolute atomic E-state index is 0.0334. The fourth-order valence-corrected chi connectivity index (χ4v) is 13.2. The van der Waals surface area contributed by atoms with Gasteiger partial charge in [0.25, 0.3) is 22.2 Å². The summed E-state index contributed by atoms with van der Waals surface area (Å²) in [5.74, 6) is 2.39. The van der Waals surface area contributed by atoms with Gasteiger partial charge in [-0.1, -0.05) is 130 Å². The van der Waals surface area contributed by atoms with Crippen molar-refractivity contribution in [1.29, 1.82) is 0 Å². The fraction of sp³-hybridized carbons (Fsp3) is 0.0978. The molecule has 108 heavy (non-hydrogen) atoms. The number of hydrogen-bond donors (Lipinski definition) is 0. The predicted octanol–water partition coefficient (Wildman–Crippen LogP) is 20.3. The van der Waals surface area contributed by atoms with Crippen molar-refractivity contribution >= 4 is 92.5 Å². The van der Waals surface area contributed by atoms with Crippen LogP contribution in [0.3, 0.4) is 0 Å². The standard InChI is InChI=1S/C16H15NOS.C15H13NOS.C14H12N2OS.C13H11N3OS.C9H5N.C9H4.2C8H4/c1-10-4-6-12(3)14(8-10)17-16(18)13-7-5-11(2)9-15(13)19-17;1-10-7-11(2)9-12(8-10)16-15(17)13-5-3-4-6-14(13)18-16;1-9-3-4-10(2)12(7-9)16-14(17)11-5-6-15-8-13(11)18-16;1-8-3-4-9(2)10(5-8)16-13(17)12-11(18-16)6-14-7-15-12;1-3-5-6-7-8-9-10-4-2;1-3-5-7-9-8-6-4-2;2*1-3-5-7-8-6-4-2/h4-9H,1-3H3;3-9H,1-2H3;3-8H,1-2H3;3-7H,1-2H3;4H,1-2H2;1-2H2;2*1-2H2. The first-order valence-electron chi connectivity index (χ1n) is 32.0. The molecule has 6 aromatic heterocycles. The van der Waals surface area contributed by atoms with Crippen LogP contribution in [-0.4, -0.2) is 36.6 Å². The van der Waals surface area contributed by atoms with Gasteiger partial charge in [-0.2, -0.15) is 0 Å². The van der Waals surface area contributed by atoms with E-state index in [0.29, 0.717) is 5.52 Å². The number of aliphatic imine (C=N–C) groups is 1. The Morgan fingerprint density at radius 1 is 0.352 bits per heavy atom. The summed E-state index contributed by atoms with van der Waals surface area (Å²) in [5.41, 5.74) is 72.8. The van der Waals surface area contributed by atoms with Gasteiger partial charge < -0.3 is 0 Å². The number of nitrogens with zero attached hydrogens (tertiary/aromatic N) is 8.